The molecule has 1 atom stereocenters. The second-order valence-electron chi connectivity index (χ2n) is 5.31. The Kier molecular flexibility index (Phi) is 3.83. The topological polar surface area (TPSA) is 54.5 Å². The average molecular weight is 242 g/mol. The van der Waals surface area contributed by atoms with E-state index in [1.807, 2.05) is 20.5 Å². The highest BCUT2D eigenvalue weighted by atomic mass is 32.2. The number of thioether (sulfide) groups is 1. The quantitative estimate of drug-likeness (QED) is 0.543. The van der Waals surface area contributed by atoms with Crippen LogP contribution < -0.4 is 0 Å². The van der Waals surface area contributed by atoms with Crippen LogP contribution in [-0.4, -0.2) is 46.6 Å². The zero-order valence-corrected chi connectivity index (χ0v) is 11.0. The van der Waals surface area contributed by atoms with Gasteiger partial charge in [-0.1, -0.05) is 0 Å². The molecule has 1 fully saturated rings. The molecule has 0 saturated carbocycles. The first-order chi connectivity index (χ1) is 7.27. The van der Waals surface area contributed by atoms with E-state index in [1.54, 1.807) is 6.26 Å². The lowest BCUT2D eigenvalue weighted by Crippen LogP contribution is -2.45. The van der Waals surface area contributed by atoms with Crippen LogP contribution in [0.5, 0.6) is 0 Å². The monoisotopic (exact) mass is 242 g/mol. The SMILES string of the molecule is CSC1CC(=O)N(CC(=O)[B-](C)(C)C)C1=O. The van der Waals surface area contributed by atoms with Gasteiger partial charge in [-0.3, -0.25) is 14.5 Å². The van der Waals surface area contributed by atoms with Gasteiger partial charge in [0.2, 0.25) is 11.8 Å². The van der Waals surface area contributed by atoms with E-state index in [-0.39, 0.29) is 35.7 Å². The van der Waals surface area contributed by atoms with Gasteiger partial charge < -0.3 is 4.79 Å². The van der Waals surface area contributed by atoms with Crippen LogP contribution in [0.3, 0.4) is 0 Å². The summed E-state index contributed by atoms with van der Waals surface area (Å²) < 4.78 is 0. The lowest BCUT2D eigenvalue weighted by atomic mass is 9.27. The summed E-state index contributed by atoms with van der Waals surface area (Å²) in [4.78, 5) is 36.2. The highest BCUT2D eigenvalue weighted by Crippen LogP contribution is 2.23. The molecule has 1 rings (SSSR count). The molecule has 1 unspecified atom stereocenters. The largest absolute Gasteiger partial charge is 0.345 e. The van der Waals surface area contributed by atoms with Gasteiger partial charge in [0.25, 0.3) is 0 Å². The first kappa shape index (κ1) is 13.3. The molecule has 0 radical (unpaired) electrons. The first-order valence-electron chi connectivity index (χ1n) is 5.44. The molecule has 1 heterocycles. The minimum atomic E-state index is -1.14. The smallest absolute Gasteiger partial charge is 0.243 e. The summed E-state index contributed by atoms with van der Waals surface area (Å²) in [5, 5.41) is -0.298. The van der Waals surface area contributed by atoms with Gasteiger partial charge in [0.15, 0.2) is 0 Å². The van der Waals surface area contributed by atoms with Crippen LogP contribution in [0.1, 0.15) is 6.42 Å². The van der Waals surface area contributed by atoms with Crippen molar-refractivity contribution < 1.29 is 14.4 Å². The summed E-state index contributed by atoms with van der Waals surface area (Å²) in [5.74, 6) is -0.441. The molecule has 0 aromatic rings. The Morgan fingerprint density at radius 2 is 2.00 bits per heavy atom. The third-order valence-corrected chi connectivity index (χ3v) is 3.70. The van der Waals surface area contributed by atoms with Crippen molar-refractivity contribution in [3.8, 4) is 0 Å². The van der Waals surface area contributed by atoms with Gasteiger partial charge >= 0.3 is 0 Å². The number of carbonyl (C=O) groups excluding carboxylic acids is 3. The van der Waals surface area contributed by atoms with Crippen LogP contribution in [0.2, 0.25) is 20.5 Å². The summed E-state index contributed by atoms with van der Waals surface area (Å²) in [6, 6.07) is 0. The second-order valence-corrected chi connectivity index (χ2v) is 6.35. The van der Waals surface area contributed by atoms with Crippen molar-refractivity contribution >= 4 is 35.4 Å². The molecule has 0 aromatic carbocycles. The van der Waals surface area contributed by atoms with Crippen LogP contribution in [0.15, 0.2) is 0 Å². The van der Waals surface area contributed by atoms with Crippen LogP contribution in [-0.2, 0) is 14.4 Å². The fourth-order valence-corrected chi connectivity index (χ4v) is 2.07. The lowest BCUT2D eigenvalue weighted by molar-refractivity contribution is -0.140. The molecule has 16 heavy (non-hydrogen) atoms. The fraction of sp³-hybridized carbons (Fsp3) is 0.700. The van der Waals surface area contributed by atoms with Crippen LogP contribution in [0.4, 0.5) is 0 Å². The number of likely N-dealkylation sites (tertiary alicyclic amines) is 1. The van der Waals surface area contributed by atoms with E-state index in [0.29, 0.717) is 0 Å². The summed E-state index contributed by atoms with van der Waals surface area (Å²) in [7, 11) is 0. The van der Waals surface area contributed by atoms with Gasteiger partial charge in [0.05, 0.1) is 11.4 Å². The molecule has 0 N–H and O–H groups in total. The van der Waals surface area contributed by atoms with Gasteiger partial charge in [-0.05, 0) is 11.9 Å². The molecule has 0 spiro atoms. The number of carbonyl (C=O) groups is 3. The average Bonchev–Trinajstić information content (AvgIpc) is 2.43. The molecule has 1 aliphatic heterocycles. The molecular formula is C10H17BNO3S-. The summed E-state index contributed by atoms with van der Waals surface area (Å²) >= 11 is 1.36. The van der Waals surface area contributed by atoms with Gasteiger partial charge in [0, 0.05) is 13.0 Å². The predicted molar refractivity (Wildman–Crippen MR) is 67.0 cm³/mol. The van der Waals surface area contributed by atoms with E-state index in [4.69, 9.17) is 0 Å². The molecule has 0 aliphatic carbocycles. The zero-order valence-electron chi connectivity index (χ0n) is 10.1. The van der Waals surface area contributed by atoms with Crippen molar-refractivity contribution in [2.75, 3.05) is 12.8 Å². The maximum absolute atomic E-state index is 11.8. The number of hydrogen-bond acceptors (Lipinski definition) is 4. The molecule has 1 saturated heterocycles. The van der Waals surface area contributed by atoms with E-state index >= 15 is 0 Å². The number of amides is 2. The van der Waals surface area contributed by atoms with Gasteiger partial charge in [-0.25, -0.2) is 0 Å². The van der Waals surface area contributed by atoms with E-state index in [0.717, 1.165) is 4.90 Å². The van der Waals surface area contributed by atoms with E-state index in [9.17, 15) is 14.4 Å². The Morgan fingerprint density at radius 1 is 1.44 bits per heavy atom. The molecular weight excluding hydrogens is 225 g/mol. The lowest BCUT2D eigenvalue weighted by Gasteiger charge is -2.25. The molecule has 0 bridgehead atoms. The predicted octanol–water partition coefficient (Wildman–Crippen LogP) is 0.923. The van der Waals surface area contributed by atoms with Gasteiger partial charge in [-0.2, -0.15) is 32.2 Å². The molecule has 1 aliphatic rings. The van der Waals surface area contributed by atoms with Crippen LogP contribution in [0.25, 0.3) is 0 Å². The maximum Gasteiger partial charge on any atom is 0.243 e. The Labute approximate surface area is 100 Å². The molecule has 2 amide bonds. The van der Waals surface area contributed by atoms with Crippen molar-refractivity contribution in [2.45, 2.75) is 32.1 Å². The van der Waals surface area contributed by atoms with Crippen molar-refractivity contribution in [1.29, 1.82) is 0 Å². The Morgan fingerprint density at radius 3 is 2.38 bits per heavy atom. The molecule has 6 heteroatoms. The third-order valence-electron chi connectivity index (χ3n) is 2.77. The minimum absolute atomic E-state index is 0.0246. The number of nitrogens with zero attached hydrogens (tertiary/aromatic N) is 1. The summed E-state index contributed by atoms with van der Waals surface area (Å²) in [6.07, 6.45) is 0.883. The van der Waals surface area contributed by atoms with Gasteiger partial charge in [-0.15, -0.1) is 0 Å². The first-order valence-corrected chi connectivity index (χ1v) is 6.73. The Balaban J connectivity index is 2.72. The highest BCUT2D eigenvalue weighted by Gasteiger charge is 2.38. The van der Waals surface area contributed by atoms with E-state index < -0.39 is 6.15 Å². The van der Waals surface area contributed by atoms with Crippen LogP contribution in [0, 0.1) is 0 Å². The maximum atomic E-state index is 11.8. The molecule has 4 nitrogen and oxygen atoms in total. The van der Waals surface area contributed by atoms with Crippen molar-refractivity contribution in [3.05, 3.63) is 0 Å². The van der Waals surface area contributed by atoms with E-state index in [2.05, 4.69) is 0 Å². The van der Waals surface area contributed by atoms with Gasteiger partial charge in [0.1, 0.15) is 0 Å². The molecule has 90 valence electrons. The van der Waals surface area contributed by atoms with E-state index in [1.165, 1.54) is 11.8 Å². The highest BCUT2D eigenvalue weighted by molar-refractivity contribution is 8.00. The minimum Gasteiger partial charge on any atom is -0.345 e. The van der Waals surface area contributed by atoms with Crippen molar-refractivity contribution in [3.63, 3.8) is 0 Å². The normalized spacial score (nSPS) is 21.8. The Bertz CT molecular complexity index is 337. The third kappa shape index (κ3) is 2.67. The van der Waals surface area contributed by atoms with Crippen LogP contribution >= 0.6 is 11.8 Å². The summed E-state index contributed by atoms with van der Waals surface area (Å²) in [6.45, 7) is 5.48. The number of rotatable bonds is 4. The van der Waals surface area contributed by atoms with Crippen molar-refractivity contribution in [1.82, 2.24) is 4.90 Å². The van der Waals surface area contributed by atoms with Crippen molar-refractivity contribution in [2.24, 2.45) is 0 Å². The number of imide groups is 1. The Hall–Kier alpha value is -0.775. The second kappa shape index (κ2) is 4.61. The standard InChI is InChI=1S/C10H17BNO3S/c1-11(2,3)8(13)6-12-9(14)5-7(16-4)10(12)15/h7H,5-6H2,1-4H3/q-1. The fourth-order valence-electron chi connectivity index (χ4n) is 1.43. The summed E-state index contributed by atoms with van der Waals surface area (Å²) in [5.41, 5.74) is -0.0246. The zero-order chi connectivity index (χ0) is 12.5. The number of hydrogen-bond donors (Lipinski definition) is 0. The molecule has 0 aromatic heterocycles.